The molecule has 140 valence electrons. The van der Waals surface area contributed by atoms with Crippen LogP contribution in [0.2, 0.25) is 0 Å². The summed E-state index contributed by atoms with van der Waals surface area (Å²) in [4.78, 5) is 34.7. The van der Waals surface area contributed by atoms with Crippen molar-refractivity contribution in [2.24, 2.45) is 0 Å². The van der Waals surface area contributed by atoms with Gasteiger partial charge in [0.1, 0.15) is 12.0 Å². The largest absolute Gasteiger partial charge is 0.444 e. The maximum Gasteiger partial charge on any atom is 0.407 e. The number of ether oxygens (including phenoxy) is 1. The summed E-state index contributed by atoms with van der Waals surface area (Å²) in [5.41, 5.74) is 0.775. The number of nitrogens with zero attached hydrogens (tertiary/aromatic N) is 1. The van der Waals surface area contributed by atoms with E-state index in [4.69, 9.17) is 10.00 Å². The van der Waals surface area contributed by atoms with Crippen LogP contribution < -0.4 is 16.0 Å². The maximum atomic E-state index is 11.8. The lowest BCUT2D eigenvalue weighted by atomic mass is 10.2. The second kappa shape index (κ2) is 10.0. The zero-order valence-electron chi connectivity index (χ0n) is 15.2. The first-order chi connectivity index (χ1) is 12.2. The van der Waals surface area contributed by atoms with Crippen molar-refractivity contribution >= 4 is 23.6 Å². The third kappa shape index (κ3) is 9.27. The molecule has 3 N–H and O–H groups in total. The van der Waals surface area contributed by atoms with Crippen molar-refractivity contribution in [3.05, 3.63) is 29.8 Å². The molecule has 0 saturated carbocycles. The van der Waals surface area contributed by atoms with Crippen molar-refractivity contribution in [1.29, 1.82) is 5.26 Å². The Morgan fingerprint density at radius 2 is 1.88 bits per heavy atom. The minimum absolute atomic E-state index is 0.123. The molecule has 0 aliphatic heterocycles. The Labute approximate surface area is 152 Å². The van der Waals surface area contributed by atoms with Gasteiger partial charge in [-0.3, -0.25) is 9.59 Å². The number of carbonyl (C=O) groups excluding carboxylic acids is 3. The van der Waals surface area contributed by atoms with Crippen LogP contribution in [0.25, 0.3) is 0 Å². The van der Waals surface area contributed by atoms with Crippen molar-refractivity contribution in [3.8, 4) is 6.07 Å². The second-order valence-corrected chi connectivity index (χ2v) is 6.54. The lowest BCUT2D eigenvalue weighted by molar-refractivity contribution is -0.121. The van der Waals surface area contributed by atoms with E-state index in [0.29, 0.717) is 5.69 Å². The third-order valence-corrected chi connectivity index (χ3v) is 2.96. The monoisotopic (exact) mass is 360 g/mol. The number of benzene rings is 1. The van der Waals surface area contributed by atoms with Gasteiger partial charge in [-0.25, -0.2) is 4.79 Å². The third-order valence-electron chi connectivity index (χ3n) is 2.96. The average Bonchev–Trinajstić information content (AvgIpc) is 2.52. The number of nitriles is 1. The quantitative estimate of drug-likeness (QED) is 0.687. The number of amides is 3. The van der Waals surface area contributed by atoms with Gasteiger partial charge in [0.25, 0.3) is 0 Å². The van der Waals surface area contributed by atoms with Gasteiger partial charge in [0.2, 0.25) is 11.8 Å². The van der Waals surface area contributed by atoms with Gasteiger partial charge in [0, 0.05) is 25.2 Å². The summed E-state index contributed by atoms with van der Waals surface area (Å²) in [5.74, 6) is -0.609. The molecule has 0 fully saturated rings. The summed E-state index contributed by atoms with van der Waals surface area (Å²) in [6, 6.07) is 8.74. The van der Waals surface area contributed by atoms with E-state index in [9.17, 15) is 14.4 Å². The number of rotatable bonds is 7. The number of hydrogen-bond acceptors (Lipinski definition) is 5. The van der Waals surface area contributed by atoms with E-state index < -0.39 is 11.7 Å². The SMILES string of the molecule is CC(C)(C)OC(=O)NCCC(=O)NCc1cccc(NC(=O)CC#N)c1. The van der Waals surface area contributed by atoms with Gasteiger partial charge < -0.3 is 20.7 Å². The minimum Gasteiger partial charge on any atom is -0.444 e. The van der Waals surface area contributed by atoms with Gasteiger partial charge in [-0.15, -0.1) is 0 Å². The van der Waals surface area contributed by atoms with Gasteiger partial charge in [-0.05, 0) is 38.5 Å². The van der Waals surface area contributed by atoms with E-state index in [0.717, 1.165) is 5.56 Å². The first-order valence-electron chi connectivity index (χ1n) is 8.19. The topological polar surface area (TPSA) is 120 Å². The fourth-order valence-corrected chi connectivity index (χ4v) is 1.92. The van der Waals surface area contributed by atoms with E-state index in [2.05, 4.69) is 16.0 Å². The Hall–Kier alpha value is -3.08. The highest BCUT2D eigenvalue weighted by Gasteiger charge is 2.15. The molecule has 0 unspecified atom stereocenters. The maximum absolute atomic E-state index is 11.8. The zero-order chi connectivity index (χ0) is 19.6. The fourth-order valence-electron chi connectivity index (χ4n) is 1.92. The van der Waals surface area contributed by atoms with E-state index in [-0.39, 0.29) is 37.7 Å². The van der Waals surface area contributed by atoms with Gasteiger partial charge >= 0.3 is 6.09 Å². The number of alkyl carbamates (subject to hydrolysis) is 1. The van der Waals surface area contributed by atoms with Gasteiger partial charge in [0.05, 0.1) is 6.07 Å². The first kappa shape index (κ1) is 21.0. The summed E-state index contributed by atoms with van der Waals surface area (Å²) in [6.07, 6.45) is -0.658. The van der Waals surface area contributed by atoms with Crippen LogP contribution in [0.5, 0.6) is 0 Å². The smallest absolute Gasteiger partial charge is 0.407 e. The summed E-state index contributed by atoms with van der Waals surface area (Å²) < 4.78 is 5.07. The standard InChI is InChI=1S/C18H24N4O4/c1-18(2,3)26-17(25)20-10-8-15(23)21-12-13-5-4-6-14(11-13)22-16(24)7-9-19/h4-6,11H,7-8,10,12H2,1-3H3,(H,20,25)(H,21,23)(H,22,24). The van der Waals surface area contributed by atoms with Crippen molar-refractivity contribution in [2.45, 2.75) is 45.8 Å². The Morgan fingerprint density at radius 1 is 1.15 bits per heavy atom. The summed E-state index contributed by atoms with van der Waals surface area (Å²) in [7, 11) is 0. The number of hydrogen-bond donors (Lipinski definition) is 3. The molecule has 1 rings (SSSR count). The van der Waals surface area contributed by atoms with Gasteiger partial charge in [0.15, 0.2) is 0 Å². The molecule has 0 aliphatic carbocycles. The van der Waals surface area contributed by atoms with Crippen LogP contribution in [0.1, 0.15) is 39.2 Å². The highest BCUT2D eigenvalue weighted by Crippen LogP contribution is 2.11. The first-order valence-corrected chi connectivity index (χ1v) is 8.19. The van der Waals surface area contributed by atoms with Gasteiger partial charge in [-0.1, -0.05) is 12.1 Å². The molecular formula is C18H24N4O4. The Bertz CT molecular complexity index is 689. The van der Waals surface area contributed by atoms with Crippen LogP contribution in [-0.4, -0.2) is 30.1 Å². The van der Waals surface area contributed by atoms with Crippen molar-refractivity contribution in [1.82, 2.24) is 10.6 Å². The predicted octanol–water partition coefficient (Wildman–Crippen LogP) is 2.07. The molecule has 26 heavy (non-hydrogen) atoms. The van der Waals surface area contributed by atoms with E-state index in [1.807, 2.05) is 0 Å². The predicted molar refractivity (Wildman–Crippen MR) is 96.0 cm³/mol. The number of nitrogens with one attached hydrogen (secondary N) is 3. The number of anilines is 1. The van der Waals surface area contributed by atoms with E-state index in [1.54, 1.807) is 51.1 Å². The molecule has 3 amide bonds. The molecule has 0 bridgehead atoms. The van der Waals surface area contributed by atoms with Crippen molar-refractivity contribution in [3.63, 3.8) is 0 Å². The summed E-state index contributed by atoms with van der Waals surface area (Å²) >= 11 is 0. The van der Waals surface area contributed by atoms with Crippen LogP contribution >= 0.6 is 0 Å². The van der Waals surface area contributed by atoms with Crippen LogP contribution in [0.15, 0.2) is 24.3 Å². The lowest BCUT2D eigenvalue weighted by Crippen LogP contribution is -2.35. The average molecular weight is 360 g/mol. The zero-order valence-corrected chi connectivity index (χ0v) is 15.2. The molecule has 1 aromatic carbocycles. The molecule has 1 aromatic rings. The molecule has 0 heterocycles. The Morgan fingerprint density at radius 3 is 2.54 bits per heavy atom. The molecule has 0 aliphatic rings. The molecular weight excluding hydrogens is 336 g/mol. The lowest BCUT2D eigenvalue weighted by Gasteiger charge is -2.19. The van der Waals surface area contributed by atoms with Crippen LogP contribution in [0, 0.1) is 11.3 Å². The van der Waals surface area contributed by atoms with E-state index >= 15 is 0 Å². The van der Waals surface area contributed by atoms with Crippen molar-refractivity contribution in [2.75, 3.05) is 11.9 Å². The van der Waals surface area contributed by atoms with Crippen LogP contribution in [0.3, 0.4) is 0 Å². The van der Waals surface area contributed by atoms with Crippen LogP contribution in [-0.2, 0) is 20.9 Å². The molecule has 0 spiro atoms. The van der Waals surface area contributed by atoms with E-state index in [1.165, 1.54) is 0 Å². The minimum atomic E-state index is -0.583. The van der Waals surface area contributed by atoms with Gasteiger partial charge in [-0.2, -0.15) is 5.26 Å². The highest BCUT2D eigenvalue weighted by atomic mass is 16.6. The summed E-state index contributed by atoms with van der Waals surface area (Å²) in [6.45, 7) is 5.74. The van der Waals surface area contributed by atoms with Crippen molar-refractivity contribution < 1.29 is 19.1 Å². The summed E-state index contributed by atoms with van der Waals surface area (Å²) in [5, 5.41) is 16.3. The molecule has 0 radical (unpaired) electrons. The normalized spacial score (nSPS) is 10.4. The Kier molecular flexibility index (Phi) is 8.09. The Balaban J connectivity index is 2.35. The molecule has 8 heteroatoms. The number of carbonyl (C=O) groups is 3. The molecule has 0 saturated heterocycles. The fraction of sp³-hybridized carbons (Fsp3) is 0.444. The molecule has 0 atom stereocenters. The second-order valence-electron chi connectivity index (χ2n) is 6.54. The molecule has 0 aromatic heterocycles. The van der Waals surface area contributed by atoms with Crippen LogP contribution in [0.4, 0.5) is 10.5 Å². The highest BCUT2D eigenvalue weighted by molar-refractivity contribution is 5.92. The molecule has 8 nitrogen and oxygen atoms in total.